The number of phenols is 1. The number of methoxy groups -OCH3 is 1. The summed E-state index contributed by atoms with van der Waals surface area (Å²) in [5, 5.41) is 15.5. The van der Waals surface area contributed by atoms with E-state index in [4.69, 9.17) is 4.74 Å². The number of aromatic nitrogens is 3. The Balaban J connectivity index is 1.49. The number of carbonyl (C=O) groups is 1. The summed E-state index contributed by atoms with van der Waals surface area (Å²) in [5.41, 5.74) is 3.36. The molecular weight excluding hydrogens is 406 g/mol. The molecule has 32 heavy (non-hydrogen) atoms. The molecule has 160 valence electrons. The molecule has 2 heterocycles. The van der Waals surface area contributed by atoms with Gasteiger partial charge in [0.05, 0.1) is 43.1 Å². The van der Waals surface area contributed by atoms with E-state index < -0.39 is 0 Å². The summed E-state index contributed by atoms with van der Waals surface area (Å²) in [4.78, 5) is 25.5. The number of hydrogen-bond acceptors (Lipinski definition) is 7. The van der Waals surface area contributed by atoms with Crippen LogP contribution in [0.3, 0.4) is 0 Å². The first kappa shape index (κ1) is 20.8. The van der Waals surface area contributed by atoms with Gasteiger partial charge in [-0.15, -0.1) is 0 Å². The summed E-state index contributed by atoms with van der Waals surface area (Å²) in [6.07, 6.45) is 4.92. The first-order valence-corrected chi connectivity index (χ1v) is 9.87. The van der Waals surface area contributed by atoms with Gasteiger partial charge in [-0.1, -0.05) is 6.07 Å². The lowest BCUT2D eigenvalue weighted by molar-refractivity contribution is 0.0950. The molecule has 0 spiro atoms. The topological polar surface area (TPSA) is 109 Å². The highest BCUT2D eigenvalue weighted by molar-refractivity contribution is 5.95. The minimum absolute atomic E-state index is 0.185. The molecule has 0 radical (unpaired) electrons. The van der Waals surface area contributed by atoms with Gasteiger partial charge in [0.1, 0.15) is 17.3 Å². The number of amides is 1. The molecule has 0 aliphatic heterocycles. The number of nitrogens with zero attached hydrogens (tertiary/aromatic N) is 3. The minimum atomic E-state index is -0.227. The summed E-state index contributed by atoms with van der Waals surface area (Å²) in [6.45, 7) is 0.335. The molecule has 0 unspecified atom stereocenters. The predicted molar refractivity (Wildman–Crippen MR) is 121 cm³/mol. The summed E-state index contributed by atoms with van der Waals surface area (Å²) in [5.74, 6) is 0.966. The van der Waals surface area contributed by atoms with Gasteiger partial charge in [0.15, 0.2) is 0 Å². The quantitative estimate of drug-likeness (QED) is 0.410. The van der Waals surface area contributed by atoms with E-state index in [1.807, 2.05) is 18.2 Å². The normalized spacial score (nSPS) is 10.4. The van der Waals surface area contributed by atoms with Crippen molar-refractivity contribution in [1.29, 1.82) is 0 Å². The first-order chi connectivity index (χ1) is 15.6. The van der Waals surface area contributed by atoms with Gasteiger partial charge in [-0.2, -0.15) is 0 Å². The van der Waals surface area contributed by atoms with Crippen LogP contribution < -0.4 is 15.4 Å². The molecule has 0 fully saturated rings. The van der Waals surface area contributed by atoms with Gasteiger partial charge in [0.2, 0.25) is 0 Å². The molecule has 4 rings (SSSR count). The van der Waals surface area contributed by atoms with E-state index in [0.717, 1.165) is 11.3 Å². The van der Waals surface area contributed by atoms with Crippen LogP contribution in [0.5, 0.6) is 11.5 Å². The van der Waals surface area contributed by atoms with Crippen LogP contribution in [-0.4, -0.2) is 33.1 Å². The number of phenolic OH excluding ortho intramolecular Hbond substituents is 1. The second-order valence-electron chi connectivity index (χ2n) is 6.88. The van der Waals surface area contributed by atoms with Crippen LogP contribution in [0.15, 0.2) is 79.3 Å². The molecule has 0 saturated heterocycles. The first-order valence-electron chi connectivity index (χ1n) is 9.87. The van der Waals surface area contributed by atoms with Gasteiger partial charge in [-0.05, 0) is 54.6 Å². The van der Waals surface area contributed by atoms with Crippen molar-refractivity contribution in [2.24, 2.45) is 0 Å². The highest BCUT2D eigenvalue weighted by Gasteiger charge is 2.12. The number of benzene rings is 2. The van der Waals surface area contributed by atoms with Crippen molar-refractivity contribution in [3.63, 3.8) is 0 Å². The third-order valence-corrected chi connectivity index (χ3v) is 4.68. The van der Waals surface area contributed by atoms with Crippen LogP contribution in [0.4, 0.5) is 11.5 Å². The molecule has 8 heteroatoms. The fourth-order valence-corrected chi connectivity index (χ4v) is 3.05. The van der Waals surface area contributed by atoms with Crippen molar-refractivity contribution in [3.8, 4) is 22.8 Å². The fourth-order valence-electron chi connectivity index (χ4n) is 3.05. The third kappa shape index (κ3) is 4.99. The van der Waals surface area contributed by atoms with Crippen molar-refractivity contribution in [2.45, 2.75) is 6.54 Å². The molecule has 0 atom stereocenters. The van der Waals surface area contributed by atoms with Crippen molar-refractivity contribution in [1.82, 2.24) is 20.3 Å². The highest BCUT2D eigenvalue weighted by atomic mass is 16.5. The van der Waals surface area contributed by atoms with Crippen LogP contribution in [0.25, 0.3) is 11.3 Å². The lowest BCUT2D eigenvalue weighted by Crippen LogP contribution is -2.23. The minimum Gasteiger partial charge on any atom is -0.508 e. The van der Waals surface area contributed by atoms with Crippen LogP contribution in [0, 0.1) is 0 Å². The molecule has 4 aromatic rings. The average molecular weight is 427 g/mol. The lowest BCUT2D eigenvalue weighted by atomic mass is 10.1. The number of aromatic hydroxyl groups is 1. The van der Waals surface area contributed by atoms with E-state index in [-0.39, 0.29) is 11.7 Å². The Kier molecular flexibility index (Phi) is 6.22. The fraction of sp³-hybridized carbons (Fsp3) is 0.0833. The van der Waals surface area contributed by atoms with E-state index in [1.54, 1.807) is 61.1 Å². The summed E-state index contributed by atoms with van der Waals surface area (Å²) in [7, 11) is 1.54. The van der Waals surface area contributed by atoms with Gasteiger partial charge in [0, 0.05) is 17.3 Å². The summed E-state index contributed by atoms with van der Waals surface area (Å²) in [6, 6.07) is 17.4. The Morgan fingerprint density at radius 3 is 2.66 bits per heavy atom. The Morgan fingerprint density at radius 2 is 1.91 bits per heavy atom. The van der Waals surface area contributed by atoms with Gasteiger partial charge in [0.25, 0.3) is 5.91 Å². The zero-order valence-corrected chi connectivity index (χ0v) is 17.3. The number of carbonyl (C=O) groups excluding carboxylic acids is 1. The van der Waals surface area contributed by atoms with E-state index >= 15 is 0 Å². The van der Waals surface area contributed by atoms with Crippen molar-refractivity contribution in [3.05, 3.63) is 90.5 Å². The zero-order valence-electron chi connectivity index (χ0n) is 17.3. The Hall–Kier alpha value is -4.46. The molecular formula is C24H21N5O3. The smallest absolute Gasteiger partial charge is 0.251 e. The van der Waals surface area contributed by atoms with Gasteiger partial charge >= 0.3 is 0 Å². The van der Waals surface area contributed by atoms with Crippen molar-refractivity contribution < 1.29 is 14.6 Å². The van der Waals surface area contributed by atoms with Gasteiger partial charge in [-0.25, -0.2) is 4.98 Å². The van der Waals surface area contributed by atoms with Crippen molar-refractivity contribution in [2.75, 3.05) is 12.4 Å². The second kappa shape index (κ2) is 9.57. The zero-order chi connectivity index (χ0) is 22.3. The number of ether oxygens (including phenoxy) is 1. The average Bonchev–Trinajstić information content (AvgIpc) is 2.84. The lowest BCUT2D eigenvalue weighted by Gasteiger charge is -2.13. The SMILES string of the molecule is COc1cc(C(=O)NCc2ccccn2)ccc1Nc1cncc(-c2ccc(O)cc2)n1. The standard InChI is InChI=1S/C24H21N5O3/c1-32-22-12-17(24(31)27-13-18-4-2-3-11-26-18)7-10-20(22)28-23-15-25-14-21(29-23)16-5-8-19(30)9-6-16/h2-12,14-15,30H,13H2,1H3,(H,27,31)(H,28,29). The maximum absolute atomic E-state index is 12.5. The van der Waals surface area contributed by atoms with Crippen molar-refractivity contribution >= 4 is 17.4 Å². The predicted octanol–water partition coefficient (Wildman–Crippen LogP) is 3.93. The number of rotatable bonds is 7. The second-order valence-corrected chi connectivity index (χ2v) is 6.88. The number of anilines is 2. The molecule has 0 bridgehead atoms. The largest absolute Gasteiger partial charge is 0.508 e. The van der Waals surface area contributed by atoms with E-state index in [9.17, 15) is 9.90 Å². The maximum atomic E-state index is 12.5. The van der Waals surface area contributed by atoms with Gasteiger partial charge in [-0.3, -0.25) is 14.8 Å². The number of pyridine rings is 1. The molecule has 0 aliphatic rings. The Morgan fingerprint density at radius 1 is 1.06 bits per heavy atom. The summed E-state index contributed by atoms with van der Waals surface area (Å²) >= 11 is 0. The van der Waals surface area contributed by atoms with Crippen LogP contribution in [0.2, 0.25) is 0 Å². The van der Waals surface area contributed by atoms with E-state index in [1.165, 1.54) is 7.11 Å². The highest BCUT2D eigenvalue weighted by Crippen LogP contribution is 2.29. The number of hydrogen-bond donors (Lipinski definition) is 3. The van der Waals surface area contributed by atoms with Crippen LogP contribution >= 0.6 is 0 Å². The summed E-state index contributed by atoms with van der Waals surface area (Å²) < 4.78 is 5.47. The van der Waals surface area contributed by atoms with Gasteiger partial charge < -0.3 is 20.5 Å². The Labute approximate surface area is 185 Å². The van der Waals surface area contributed by atoms with E-state index in [2.05, 4.69) is 25.6 Å². The molecule has 1 amide bonds. The molecule has 0 saturated carbocycles. The van der Waals surface area contributed by atoms with E-state index in [0.29, 0.717) is 35.1 Å². The molecule has 0 aliphatic carbocycles. The molecule has 8 nitrogen and oxygen atoms in total. The third-order valence-electron chi connectivity index (χ3n) is 4.68. The molecule has 3 N–H and O–H groups in total. The van der Waals surface area contributed by atoms with Crippen LogP contribution in [-0.2, 0) is 6.54 Å². The maximum Gasteiger partial charge on any atom is 0.251 e. The number of nitrogens with one attached hydrogen (secondary N) is 2. The molecule has 2 aromatic heterocycles. The molecule has 2 aromatic carbocycles. The van der Waals surface area contributed by atoms with Crippen LogP contribution in [0.1, 0.15) is 16.1 Å². The monoisotopic (exact) mass is 427 g/mol. The Bertz CT molecular complexity index is 1210.